The fourth-order valence-corrected chi connectivity index (χ4v) is 6.10. The number of carbonyl (C=O) groups excluding carboxylic acids is 1. The van der Waals surface area contributed by atoms with Crippen LogP contribution in [-0.4, -0.2) is 18.2 Å². The summed E-state index contributed by atoms with van der Waals surface area (Å²) in [5.41, 5.74) is 2.99. The van der Waals surface area contributed by atoms with Gasteiger partial charge in [-0.25, -0.2) is 4.99 Å². The number of amidine groups is 1. The Labute approximate surface area is 264 Å². The first kappa shape index (κ1) is 28.8. The van der Waals surface area contributed by atoms with Crippen LogP contribution in [0.4, 0.5) is 11.4 Å². The minimum absolute atomic E-state index is 0.201. The van der Waals surface area contributed by atoms with Crippen LogP contribution in [0.3, 0.4) is 0 Å². The molecule has 1 saturated heterocycles. The number of hydrogen-bond donors (Lipinski definition) is 0. The maximum Gasteiger partial charge on any atom is 0.271 e. The van der Waals surface area contributed by atoms with E-state index in [1.165, 1.54) is 11.8 Å². The minimum Gasteiger partial charge on any atom is -0.493 e. The lowest BCUT2D eigenvalue weighted by Crippen LogP contribution is -2.28. The van der Waals surface area contributed by atoms with E-state index in [1.54, 1.807) is 60.5 Å². The standard InChI is InChI=1S/C30H20Cl3IN2O3S/c1-38-26-15-18(14-25(34)28(26)39-17-19-4-2-3-5-24(19)33)16-27-29(37)36(23-12-8-21(32)9-13-23)30(40-27)35-22-10-6-20(31)7-11-22/h2-16H,17H2,1H3/b27-16-,35-30?. The summed E-state index contributed by atoms with van der Waals surface area (Å²) in [6.45, 7) is 0.293. The second-order valence-electron chi connectivity index (χ2n) is 8.51. The number of rotatable bonds is 7. The number of ether oxygens (including phenoxy) is 2. The third kappa shape index (κ3) is 6.61. The molecule has 10 heteroatoms. The van der Waals surface area contributed by atoms with Crippen LogP contribution in [0.5, 0.6) is 11.5 Å². The van der Waals surface area contributed by atoms with Crippen LogP contribution in [0.2, 0.25) is 15.1 Å². The van der Waals surface area contributed by atoms with Gasteiger partial charge in [0.2, 0.25) is 0 Å². The highest BCUT2D eigenvalue weighted by Gasteiger charge is 2.35. The van der Waals surface area contributed by atoms with Gasteiger partial charge in [-0.15, -0.1) is 0 Å². The Kier molecular flexibility index (Phi) is 9.27. The molecular formula is C30H20Cl3IN2O3S. The Morgan fingerprint density at radius 2 is 1.62 bits per heavy atom. The zero-order valence-corrected chi connectivity index (χ0v) is 26.1. The van der Waals surface area contributed by atoms with Gasteiger partial charge >= 0.3 is 0 Å². The molecule has 40 heavy (non-hydrogen) atoms. The number of amides is 1. The largest absolute Gasteiger partial charge is 0.493 e. The van der Waals surface area contributed by atoms with Crippen molar-refractivity contribution in [3.05, 3.63) is 120 Å². The Hall–Kier alpha value is -2.69. The fourth-order valence-electron chi connectivity index (χ4n) is 3.87. The van der Waals surface area contributed by atoms with Gasteiger partial charge in [0.15, 0.2) is 16.7 Å². The van der Waals surface area contributed by atoms with Gasteiger partial charge < -0.3 is 9.47 Å². The summed E-state index contributed by atoms with van der Waals surface area (Å²) in [4.78, 5) is 20.5. The molecule has 1 amide bonds. The number of methoxy groups -OCH3 is 1. The third-order valence-electron chi connectivity index (χ3n) is 5.82. The van der Waals surface area contributed by atoms with E-state index < -0.39 is 0 Å². The first-order chi connectivity index (χ1) is 19.3. The predicted octanol–water partition coefficient (Wildman–Crippen LogP) is 9.65. The Morgan fingerprint density at radius 3 is 2.30 bits per heavy atom. The summed E-state index contributed by atoms with van der Waals surface area (Å²) >= 11 is 21.9. The second-order valence-corrected chi connectivity index (χ2v) is 12.0. The molecule has 5 rings (SSSR count). The van der Waals surface area contributed by atoms with E-state index in [1.807, 2.05) is 42.5 Å². The highest BCUT2D eigenvalue weighted by Crippen LogP contribution is 2.40. The number of anilines is 1. The topological polar surface area (TPSA) is 51.1 Å². The summed E-state index contributed by atoms with van der Waals surface area (Å²) in [6, 6.07) is 25.5. The number of aliphatic imine (C=N–C) groups is 1. The molecule has 0 unspecified atom stereocenters. The molecule has 1 aliphatic heterocycles. The van der Waals surface area contributed by atoms with Crippen LogP contribution in [-0.2, 0) is 11.4 Å². The first-order valence-corrected chi connectivity index (χ1v) is 14.9. The number of benzene rings is 4. The Balaban J connectivity index is 1.48. The molecule has 0 aliphatic carbocycles. The fraction of sp³-hybridized carbons (Fsp3) is 0.0667. The minimum atomic E-state index is -0.201. The molecule has 0 aromatic heterocycles. The molecule has 0 N–H and O–H groups in total. The Bertz CT molecular complexity index is 1630. The molecule has 1 heterocycles. The summed E-state index contributed by atoms with van der Waals surface area (Å²) in [6.07, 6.45) is 1.82. The van der Waals surface area contributed by atoms with Gasteiger partial charge in [0.25, 0.3) is 5.91 Å². The second kappa shape index (κ2) is 12.9. The van der Waals surface area contributed by atoms with Crippen LogP contribution in [0.25, 0.3) is 6.08 Å². The smallest absolute Gasteiger partial charge is 0.271 e. The van der Waals surface area contributed by atoms with Crippen LogP contribution in [0.1, 0.15) is 11.1 Å². The van der Waals surface area contributed by atoms with E-state index >= 15 is 0 Å². The zero-order valence-electron chi connectivity index (χ0n) is 20.9. The van der Waals surface area contributed by atoms with Crippen LogP contribution in [0, 0.1) is 3.57 Å². The number of hydrogen-bond acceptors (Lipinski definition) is 5. The lowest BCUT2D eigenvalue weighted by molar-refractivity contribution is -0.113. The van der Waals surface area contributed by atoms with E-state index in [0.29, 0.717) is 54.6 Å². The summed E-state index contributed by atoms with van der Waals surface area (Å²) in [5, 5.41) is 2.34. The lowest BCUT2D eigenvalue weighted by atomic mass is 10.1. The van der Waals surface area contributed by atoms with E-state index in [9.17, 15) is 4.79 Å². The molecule has 4 aromatic carbocycles. The molecular weight excluding hydrogens is 702 g/mol. The average molecular weight is 722 g/mol. The number of carbonyl (C=O) groups is 1. The van der Waals surface area contributed by atoms with Crippen molar-refractivity contribution in [3.63, 3.8) is 0 Å². The van der Waals surface area contributed by atoms with Crippen molar-refractivity contribution in [2.75, 3.05) is 12.0 Å². The quantitative estimate of drug-likeness (QED) is 0.141. The van der Waals surface area contributed by atoms with Crippen molar-refractivity contribution in [2.24, 2.45) is 4.99 Å². The van der Waals surface area contributed by atoms with E-state index in [-0.39, 0.29) is 5.91 Å². The molecule has 1 fully saturated rings. The maximum atomic E-state index is 13.7. The summed E-state index contributed by atoms with van der Waals surface area (Å²) in [5.74, 6) is 0.947. The SMILES string of the molecule is COc1cc(/C=C2\SC(=Nc3ccc(Cl)cc3)N(c3ccc(Cl)cc3)C2=O)cc(I)c1OCc1ccccc1Cl. The summed E-state index contributed by atoms with van der Waals surface area (Å²) in [7, 11) is 1.58. The molecule has 202 valence electrons. The van der Waals surface area contributed by atoms with Crippen molar-refractivity contribution in [3.8, 4) is 11.5 Å². The van der Waals surface area contributed by atoms with Gasteiger partial charge in [-0.2, -0.15) is 0 Å². The molecule has 0 bridgehead atoms. The van der Waals surface area contributed by atoms with Gasteiger partial charge in [-0.3, -0.25) is 9.69 Å². The molecule has 4 aromatic rings. The predicted molar refractivity (Wildman–Crippen MR) is 175 cm³/mol. The molecule has 0 atom stereocenters. The highest BCUT2D eigenvalue weighted by molar-refractivity contribution is 14.1. The van der Waals surface area contributed by atoms with Crippen molar-refractivity contribution in [1.29, 1.82) is 0 Å². The van der Waals surface area contributed by atoms with Crippen LogP contribution >= 0.6 is 69.2 Å². The van der Waals surface area contributed by atoms with Gasteiger partial charge in [0, 0.05) is 20.6 Å². The van der Waals surface area contributed by atoms with Gasteiger partial charge in [0.05, 0.1) is 27.0 Å². The lowest BCUT2D eigenvalue weighted by Gasteiger charge is -2.16. The molecule has 5 nitrogen and oxygen atoms in total. The summed E-state index contributed by atoms with van der Waals surface area (Å²) < 4.78 is 12.6. The van der Waals surface area contributed by atoms with Gasteiger partial charge in [0.1, 0.15) is 6.61 Å². The normalized spacial score (nSPS) is 15.2. The third-order valence-corrected chi connectivity index (χ3v) is 8.46. The van der Waals surface area contributed by atoms with Crippen molar-refractivity contribution >= 4 is 97.7 Å². The average Bonchev–Trinajstić information content (AvgIpc) is 3.24. The van der Waals surface area contributed by atoms with E-state index in [4.69, 9.17) is 49.3 Å². The maximum absolute atomic E-state index is 13.7. The van der Waals surface area contributed by atoms with E-state index in [2.05, 4.69) is 22.6 Å². The number of nitrogens with zero attached hydrogens (tertiary/aromatic N) is 2. The molecule has 0 radical (unpaired) electrons. The monoisotopic (exact) mass is 720 g/mol. The molecule has 1 aliphatic rings. The van der Waals surface area contributed by atoms with Gasteiger partial charge in [-0.1, -0.05) is 53.0 Å². The number of halogens is 4. The molecule has 0 spiro atoms. The Morgan fingerprint density at radius 1 is 0.950 bits per heavy atom. The van der Waals surface area contributed by atoms with Crippen LogP contribution in [0.15, 0.2) is 94.8 Å². The number of thioether (sulfide) groups is 1. The van der Waals surface area contributed by atoms with Crippen molar-refractivity contribution in [1.82, 2.24) is 0 Å². The van der Waals surface area contributed by atoms with Crippen molar-refractivity contribution in [2.45, 2.75) is 6.61 Å². The zero-order chi connectivity index (χ0) is 28.2. The highest BCUT2D eigenvalue weighted by atomic mass is 127. The first-order valence-electron chi connectivity index (χ1n) is 11.9. The van der Waals surface area contributed by atoms with Crippen LogP contribution < -0.4 is 14.4 Å². The van der Waals surface area contributed by atoms with E-state index in [0.717, 1.165) is 14.7 Å². The van der Waals surface area contributed by atoms with Gasteiger partial charge in [-0.05, 0) is 113 Å². The van der Waals surface area contributed by atoms with Crippen molar-refractivity contribution < 1.29 is 14.3 Å². The molecule has 0 saturated carbocycles.